The fourth-order valence-electron chi connectivity index (χ4n) is 1.51. The summed E-state index contributed by atoms with van der Waals surface area (Å²) >= 11 is 0. The Morgan fingerprint density at radius 2 is 1.81 bits per heavy atom. The van der Waals surface area contributed by atoms with Crippen LogP contribution in [0.1, 0.15) is 28.8 Å². The van der Waals surface area contributed by atoms with Crippen LogP contribution in [0.3, 0.4) is 0 Å². The number of Topliss-reactive ketones (excluding diaryl/α,β-unsaturated/α-hetero) is 1. The molecule has 0 aliphatic heterocycles. The van der Waals surface area contributed by atoms with E-state index in [1.54, 1.807) is 24.3 Å². The topological polar surface area (TPSA) is 54.4 Å². The number of carbonyl (C=O) groups excluding carboxylic acids is 1. The Morgan fingerprint density at radius 3 is 2.31 bits per heavy atom. The Hall–Kier alpha value is -1.90. The van der Waals surface area contributed by atoms with Gasteiger partial charge in [-0.2, -0.15) is 0 Å². The summed E-state index contributed by atoms with van der Waals surface area (Å²) in [6.07, 6.45) is 4.59. The van der Waals surface area contributed by atoms with Crippen LogP contribution in [0, 0.1) is 5.92 Å². The highest BCUT2D eigenvalue weighted by Crippen LogP contribution is 2.32. The van der Waals surface area contributed by atoms with Gasteiger partial charge < -0.3 is 5.11 Å². The Kier molecular flexibility index (Phi) is 2.86. The van der Waals surface area contributed by atoms with Gasteiger partial charge in [0.25, 0.3) is 0 Å². The number of carbonyl (C=O) groups is 2. The first-order valence-corrected chi connectivity index (χ1v) is 5.22. The molecule has 0 radical (unpaired) electrons. The van der Waals surface area contributed by atoms with Crippen molar-refractivity contribution in [3.05, 3.63) is 41.5 Å². The maximum Gasteiger partial charge on any atom is 0.328 e. The molecule has 16 heavy (non-hydrogen) atoms. The monoisotopic (exact) mass is 216 g/mol. The summed E-state index contributed by atoms with van der Waals surface area (Å²) in [6, 6.07) is 7.02. The second-order valence-electron chi connectivity index (χ2n) is 3.93. The van der Waals surface area contributed by atoms with Crippen molar-refractivity contribution in [2.24, 2.45) is 5.92 Å². The summed E-state index contributed by atoms with van der Waals surface area (Å²) in [5.74, 6) is -0.549. The van der Waals surface area contributed by atoms with Gasteiger partial charge in [-0.15, -0.1) is 0 Å². The minimum Gasteiger partial charge on any atom is -0.478 e. The van der Waals surface area contributed by atoms with Gasteiger partial charge in [0.05, 0.1) is 0 Å². The number of aliphatic carboxylic acids is 1. The molecule has 1 fully saturated rings. The van der Waals surface area contributed by atoms with Crippen molar-refractivity contribution in [3.8, 4) is 0 Å². The molecule has 1 aliphatic rings. The van der Waals surface area contributed by atoms with Gasteiger partial charge in [0.1, 0.15) is 0 Å². The summed E-state index contributed by atoms with van der Waals surface area (Å²) in [4.78, 5) is 22.0. The molecule has 1 aromatic carbocycles. The van der Waals surface area contributed by atoms with E-state index in [-0.39, 0.29) is 11.7 Å². The van der Waals surface area contributed by atoms with Crippen molar-refractivity contribution < 1.29 is 14.7 Å². The lowest BCUT2D eigenvalue weighted by Crippen LogP contribution is -2.00. The highest BCUT2D eigenvalue weighted by atomic mass is 16.4. The maximum absolute atomic E-state index is 11.7. The van der Waals surface area contributed by atoms with Crippen LogP contribution < -0.4 is 0 Å². The molecule has 0 aromatic heterocycles. The molecule has 82 valence electrons. The second kappa shape index (κ2) is 4.31. The molecule has 0 bridgehead atoms. The molecule has 2 rings (SSSR count). The van der Waals surface area contributed by atoms with Crippen molar-refractivity contribution in [2.75, 3.05) is 0 Å². The van der Waals surface area contributed by atoms with Gasteiger partial charge in [-0.05, 0) is 24.5 Å². The summed E-state index contributed by atoms with van der Waals surface area (Å²) < 4.78 is 0. The molecule has 1 aromatic rings. The maximum atomic E-state index is 11.7. The third-order valence-corrected chi connectivity index (χ3v) is 2.56. The van der Waals surface area contributed by atoms with E-state index in [4.69, 9.17) is 5.11 Å². The first kappa shape index (κ1) is 10.6. The standard InChI is InChI=1S/C13H12O3/c14-12(15)8-3-9-1-4-10(5-2-9)13(16)11-6-7-11/h1-5,8,11H,6-7H2,(H,14,15)/b8-3+. The lowest BCUT2D eigenvalue weighted by atomic mass is 10.1. The highest BCUT2D eigenvalue weighted by molar-refractivity contribution is 5.99. The van der Waals surface area contributed by atoms with Crippen molar-refractivity contribution in [1.29, 1.82) is 0 Å². The third kappa shape index (κ3) is 2.57. The number of rotatable bonds is 4. The number of carboxylic acids is 1. The van der Waals surface area contributed by atoms with Crippen LogP contribution in [0.25, 0.3) is 6.08 Å². The van der Waals surface area contributed by atoms with E-state index in [9.17, 15) is 9.59 Å². The number of hydrogen-bond acceptors (Lipinski definition) is 2. The minimum atomic E-state index is -0.974. The van der Waals surface area contributed by atoms with Gasteiger partial charge in [0.15, 0.2) is 5.78 Å². The summed E-state index contributed by atoms with van der Waals surface area (Å²) in [5.41, 5.74) is 1.50. The Balaban J connectivity index is 2.09. The van der Waals surface area contributed by atoms with Crippen LogP contribution in [0.4, 0.5) is 0 Å². The van der Waals surface area contributed by atoms with Gasteiger partial charge in [0, 0.05) is 17.6 Å². The SMILES string of the molecule is O=C(O)/C=C/c1ccc(C(=O)C2CC2)cc1. The zero-order valence-electron chi connectivity index (χ0n) is 8.72. The second-order valence-corrected chi connectivity index (χ2v) is 3.93. The first-order chi connectivity index (χ1) is 7.66. The summed E-state index contributed by atoms with van der Waals surface area (Å²) in [6.45, 7) is 0. The lowest BCUT2D eigenvalue weighted by molar-refractivity contribution is -0.131. The van der Waals surface area contributed by atoms with E-state index in [1.807, 2.05) is 0 Å². The highest BCUT2D eigenvalue weighted by Gasteiger charge is 2.30. The smallest absolute Gasteiger partial charge is 0.328 e. The van der Waals surface area contributed by atoms with Gasteiger partial charge in [-0.3, -0.25) is 4.79 Å². The van der Waals surface area contributed by atoms with Crippen LogP contribution in [0.15, 0.2) is 30.3 Å². The van der Waals surface area contributed by atoms with Gasteiger partial charge in [0.2, 0.25) is 0 Å². The number of carboxylic acid groups (broad SMARTS) is 1. The van der Waals surface area contributed by atoms with Crippen LogP contribution in [0.2, 0.25) is 0 Å². The molecule has 0 heterocycles. The molecule has 0 amide bonds. The minimum absolute atomic E-state index is 0.203. The molecule has 1 N–H and O–H groups in total. The van der Waals surface area contributed by atoms with Gasteiger partial charge in [-0.25, -0.2) is 4.79 Å². The molecule has 3 heteroatoms. The Labute approximate surface area is 93.4 Å². The van der Waals surface area contributed by atoms with Gasteiger partial charge in [-0.1, -0.05) is 24.3 Å². The third-order valence-electron chi connectivity index (χ3n) is 2.56. The van der Waals surface area contributed by atoms with E-state index >= 15 is 0 Å². The van der Waals surface area contributed by atoms with E-state index in [2.05, 4.69) is 0 Å². The van der Waals surface area contributed by atoms with Crippen LogP contribution in [-0.2, 0) is 4.79 Å². The summed E-state index contributed by atoms with van der Waals surface area (Å²) in [7, 11) is 0. The normalized spacial score (nSPS) is 15.2. The zero-order valence-corrected chi connectivity index (χ0v) is 8.72. The van der Waals surface area contributed by atoms with Crippen molar-refractivity contribution in [2.45, 2.75) is 12.8 Å². The van der Waals surface area contributed by atoms with Crippen LogP contribution >= 0.6 is 0 Å². The van der Waals surface area contributed by atoms with Crippen molar-refractivity contribution in [3.63, 3.8) is 0 Å². The van der Waals surface area contributed by atoms with Crippen molar-refractivity contribution in [1.82, 2.24) is 0 Å². The molecule has 3 nitrogen and oxygen atoms in total. The van der Waals surface area contributed by atoms with Crippen LogP contribution in [-0.4, -0.2) is 16.9 Å². The molecule has 1 aliphatic carbocycles. The first-order valence-electron chi connectivity index (χ1n) is 5.22. The number of benzene rings is 1. The van der Waals surface area contributed by atoms with Gasteiger partial charge >= 0.3 is 5.97 Å². The molecule has 0 saturated heterocycles. The van der Waals surface area contributed by atoms with E-state index in [1.165, 1.54) is 6.08 Å². The van der Waals surface area contributed by atoms with E-state index in [0.29, 0.717) is 0 Å². The fourth-order valence-corrected chi connectivity index (χ4v) is 1.51. The van der Waals surface area contributed by atoms with E-state index in [0.717, 1.165) is 30.0 Å². The molecule has 0 atom stereocenters. The average Bonchev–Trinajstić information content (AvgIpc) is 3.10. The largest absolute Gasteiger partial charge is 0.478 e. The fraction of sp³-hybridized carbons (Fsp3) is 0.231. The Morgan fingerprint density at radius 1 is 1.19 bits per heavy atom. The average molecular weight is 216 g/mol. The molecule has 0 unspecified atom stereocenters. The summed E-state index contributed by atoms with van der Waals surface area (Å²) in [5, 5.41) is 8.46. The number of hydrogen-bond donors (Lipinski definition) is 1. The molecule has 1 saturated carbocycles. The molecule has 0 spiro atoms. The van der Waals surface area contributed by atoms with Crippen LogP contribution in [0.5, 0.6) is 0 Å². The molecular formula is C13H12O3. The predicted octanol–water partition coefficient (Wildman–Crippen LogP) is 2.38. The Bertz CT molecular complexity index is 439. The van der Waals surface area contributed by atoms with Crippen molar-refractivity contribution >= 4 is 17.8 Å². The number of ketones is 1. The molecular weight excluding hydrogens is 204 g/mol. The van der Waals surface area contributed by atoms with E-state index < -0.39 is 5.97 Å². The quantitative estimate of drug-likeness (QED) is 0.621. The zero-order chi connectivity index (χ0) is 11.5. The predicted molar refractivity (Wildman–Crippen MR) is 60.2 cm³/mol. The lowest BCUT2D eigenvalue weighted by Gasteiger charge is -1.99.